The van der Waals surface area contributed by atoms with Crippen molar-refractivity contribution in [2.75, 3.05) is 5.73 Å². The topological polar surface area (TPSA) is 61.7 Å². The monoisotopic (exact) mass is 283 g/mol. The number of benzene rings is 1. The second-order valence-corrected chi connectivity index (χ2v) is 5.39. The molecular formula is C16H21N5. The minimum absolute atomic E-state index is 0.571. The fourth-order valence-electron chi connectivity index (χ4n) is 2.84. The highest BCUT2D eigenvalue weighted by Gasteiger charge is 2.16. The van der Waals surface area contributed by atoms with Gasteiger partial charge in [-0.15, -0.1) is 0 Å². The number of anilines is 1. The van der Waals surface area contributed by atoms with Crippen molar-refractivity contribution in [1.29, 1.82) is 0 Å². The number of fused-ring (bicyclic) bond motifs is 1. The van der Waals surface area contributed by atoms with Gasteiger partial charge in [0.15, 0.2) is 5.65 Å². The quantitative estimate of drug-likeness (QED) is 0.800. The molecule has 5 heteroatoms. The van der Waals surface area contributed by atoms with Gasteiger partial charge >= 0.3 is 0 Å². The maximum absolute atomic E-state index is 6.10. The van der Waals surface area contributed by atoms with Crippen LogP contribution in [0.5, 0.6) is 0 Å². The summed E-state index contributed by atoms with van der Waals surface area (Å²) in [6.07, 6.45) is 1.81. The minimum atomic E-state index is 0.571. The predicted octanol–water partition coefficient (Wildman–Crippen LogP) is 2.47. The first kappa shape index (κ1) is 13.7. The van der Waals surface area contributed by atoms with E-state index >= 15 is 0 Å². The molecule has 0 aliphatic carbocycles. The summed E-state index contributed by atoms with van der Waals surface area (Å²) in [6, 6.07) is 8.45. The second-order valence-electron chi connectivity index (χ2n) is 5.39. The molecule has 0 saturated heterocycles. The standard InChI is InChI=1S/C16H21N5/c1-4-13-14-15(20(3)19-13)21(16(17)18-14)10-9-12-8-6-5-7-11(12)2/h5-8H,4,9-10H2,1-3H3,(H2,17,18). The first-order valence-electron chi connectivity index (χ1n) is 7.34. The molecule has 0 amide bonds. The first-order chi connectivity index (χ1) is 10.1. The van der Waals surface area contributed by atoms with Gasteiger partial charge in [-0.3, -0.25) is 9.25 Å². The molecule has 0 unspecified atom stereocenters. The number of nitrogen functional groups attached to an aromatic ring is 1. The van der Waals surface area contributed by atoms with Crippen molar-refractivity contribution in [2.24, 2.45) is 7.05 Å². The lowest BCUT2D eigenvalue weighted by molar-refractivity contribution is 0.675. The highest BCUT2D eigenvalue weighted by atomic mass is 15.3. The molecule has 3 rings (SSSR count). The smallest absolute Gasteiger partial charge is 0.202 e. The van der Waals surface area contributed by atoms with Crippen molar-refractivity contribution in [1.82, 2.24) is 19.3 Å². The van der Waals surface area contributed by atoms with E-state index in [4.69, 9.17) is 5.73 Å². The van der Waals surface area contributed by atoms with Gasteiger partial charge in [0, 0.05) is 13.6 Å². The third-order valence-corrected chi connectivity index (χ3v) is 4.02. The van der Waals surface area contributed by atoms with Crippen molar-refractivity contribution in [3.63, 3.8) is 0 Å². The van der Waals surface area contributed by atoms with Crippen LogP contribution in [0.2, 0.25) is 0 Å². The number of rotatable bonds is 4. The van der Waals surface area contributed by atoms with E-state index in [-0.39, 0.29) is 0 Å². The molecule has 1 aromatic carbocycles. The van der Waals surface area contributed by atoms with Gasteiger partial charge in [-0.1, -0.05) is 31.2 Å². The summed E-state index contributed by atoms with van der Waals surface area (Å²) in [5.74, 6) is 0.571. The summed E-state index contributed by atoms with van der Waals surface area (Å²) in [6.45, 7) is 5.04. The van der Waals surface area contributed by atoms with Crippen molar-refractivity contribution < 1.29 is 0 Å². The van der Waals surface area contributed by atoms with E-state index in [1.165, 1.54) is 11.1 Å². The zero-order chi connectivity index (χ0) is 15.0. The van der Waals surface area contributed by atoms with E-state index in [9.17, 15) is 0 Å². The van der Waals surface area contributed by atoms with Crippen molar-refractivity contribution in [3.05, 3.63) is 41.1 Å². The molecular weight excluding hydrogens is 262 g/mol. The van der Waals surface area contributed by atoms with Gasteiger partial charge in [-0.2, -0.15) is 5.10 Å². The summed E-state index contributed by atoms with van der Waals surface area (Å²) < 4.78 is 3.95. The Hall–Kier alpha value is -2.30. The Balaban J connectivity index is 1.96. The Morgan fingerprint density at radius 2 is 2.00 bits per heavy atom. The van der Waals surface area contributed by atoms with E-state index in [0.717, 1.165) is 36.2 Å². The van der Waals surface area contributed by atoms with Gasteiger partial charge in [-0.25, -0.2) is 4.98 Å². The lowest BCUT2D eigenvalue weighted by Gasteiger charge is -2.09. The van der Waals surface area contributed by atoms with Gasteiger partial charge in [0.1, 0.15) is 5.52 Å². The Bertz CT molecular complexity index is 781. The van der Waals surface area contributed by atoms with Gasteiger partial charge in [0.05, 0.1) is 5.69 Å². The van der Waals surface area contributed by atoms with Crippen LogP contribution in [0, 0.1) is 6.92 Å². The summed E-state index contributed by atoms with van der Waals surface area (Å²) in [4.78, 5) is 4.50. The molecule has 0 radical (unpaired) electrons. The highest BCUT2D eigenvalue weighted by molar-refractivity contribution is 5.77. The lowest BCUT2D eigenvalue weighted by Crippen LogP contribution is -2.09. The Kier molecular flexibility index (Phi) is 3.41. The Morgan fingerprint density at radius 1 is 1.24 bits per heavy atom. The third-order valence-electron chi connectivity index (χ3n) is 4.02. The van der Waals surface area contributed by atoms with Gasteiger partial charge < -0.3 is 5.73 Å². The summed E-state index contributed by atoms with van der Waals surface area (Å²) in [7, 11) is 1.95. The molecule has 110 valence electrons. The zero-order valence-corrected chi connectivity index (χ0v) is 12.8. The molecule has 0 fully saturated rings. The van der Waals surface area contributed by atoms with Crippen LogP contribution in [0.4, 0.5) is 5.95 Å². The molecule has 0 atom stereocenters. The van der Waals surface area contributed by atoms with E-state index in [1.807, 2.05) is 11.7 Å². The van der Waals surface area contributed by atoms with Crippen LogP contribution in [0.15, 0.2) is 24.3 Å². The fourth-order valence-corrected chi connectivity index (χ4v) is 2.84. The molecule has 0 aliphatic heterocycles. The Morgan fingerprint density at radius 3 is 2.71 bits per heavy atom. The summed E-state index contributed by atoms with van der Waals surface area (Å²) in [5, 5.41) is 4.52. The lowest BCUT2D eigenvalue weighted by atomic mass is 10.1. The van der Waals surface area contributed by atoms with Crippen LogP contribution in [-0.2, 0) is 26.4 Å². The van der Waals surface area contributed by atoms with Gasteiger partial charge in [-0.05, 0) is 30.9 Å². The number of imidazole rings is 1. The van der Waals surface area contributed by atoms with Crippen LogP contribution in [-0.4, -0.2) is 19.3 Å². The maximum Gasteiger partial charge on any atom is 0.202 e. The van der Waals surface area contributed by atoms with Crippen molar-refractivity contribution in [3.8, 4) is 0 Å². The van der Waals surface area contributed by atoms with Gasteiger partial charge in [0.25, 0.3) is 0 Å². The normalized spacial score (nSPS) is 11.4. The minimum Gasteiger partial charge on any atom is -0.369 e. The molecule has 2 aromatic heterocycles. The molecule has 21 heavy (non-hydrogen) atoms. The highest BCUT2D eigenvalue weighted by Crippen LogP contribution is 2.22. The number of aromatic nitrogens is 4. The maximum atomic E-state index is 6.10. The van der Waals surface area contributed by atoms with E-state index in [1.54, 1.807) is 0 Å². The number of aryl methyl sites for hydroxylation is 5. The average molecular weight is 283 g/mol. The average Bonchev–Trinajstić information content (AvgIpc) is 2.95. The molecule has 0 saturated carbocycles. The van der Waals surface area contributed by atoms with Gasteiger partial charge in [0.2, 0.25) is 5.95 Å². The molecule has 3 aromatic rings. The van der Waals surface area contributed by atoms with E-state index in [2.05, 4.69) is 52.8 Å². The van der Waals surface area contributed by atoms with Crippen LogP contribution in [0.25, 0.3) is 11.2 Å². The molecule has 0 bridgehead atoms. The molecule has 5 nitrogen and oxygen atoms in total. The van der Waals surface area contributed by atoms with Crippen LogP contribution in [0.3, 0.4) is 0 Å². The van der Waals surface area contributed by atoms with Crippen LogP contribution in [0.1, 0.15) is 23.7 Å². The SMILES string of the molecule is CCc1nn(C)c2c1nc(N)n2CCc1ccccc1C. The summed E-state index contributed by atoms with van der Waals surface area (Å²) >= 11 is 0. The zero-order valence-electron chi connectivity index (χ0n) is 12.8. The van der Waals surface area contributed by atoms with E-state index in [0.29, 0.717) is 5.95 Å². The number of hydrogen-bond donors (Lipinski definition) is 1. The van der Waals surface area contributed by atoms with Crippen LogP contribution >= 0.6 is 0 Å². The number of hydrogen-bond acceptors (Lipinski definition) is 3. The second kappa shape index (κ2) is 5.24. The molecule has 0 spiro atoms. The van der Waals surface area contributed by atoms with Crippen molar-refractivity contribution >= 4 is 17.1 Å². The predicted molar refractivity (Wildman–Crippen MR) is 85.2 cm³/mol. The molecule has 2 N–H and O–H groups in total. The number of nitrogens with zero attached hydrogens (tertiary/aromatic N) is 4. The number of nitrogens with two attached hydrogens (primary N) is 1. The van der Waals surface area contributed by atoms with E-state index < -0.39 is 0 Å². The fraction of sp³-hybridized carbons (Fsp3) is 0.375. The van der Waals surface area contributed by atoms with Crippen molar-refractivity contribution in [2.45, 2.75) is 33.2 Å². The third kappa shape index (κ3) is 2.28. The summed E-state index contributed by atoms with van der Waals surface area (Å²) in [5.41, 5.74) is 11.7. The molecule has 2 heterocycles. The Labute approximate surface area is 124 Å². The first-order valence-corrected chi connectivity index (χ1v) is 7.34. The largest absolute Gasteiger partial charge is 0.369 e. The van der Waals surface area contributed by atoms with Crippen LogP contribution < -0.4 is 5.73 Å². The molecule has 0 aliphatic rings.